The van der Waals surface area contributed by atoms with Crippen LogP contribution in [0.1, 0.15) is 0 Å². The van der Waals surface area contributed by atoms with E-state index in [4.69, 9.17) is 17.3 Å². The van der Waals surface area contributed by atoms with Gasteiger partial charge in [0.2, 0.25) is 10.0 Å². The first kappa shape index (κ1) is 13.1. The van der Waals surface area contributed by atoms with Gasteiger partial charge in [0.15, 0.2) is 0 Å². The molecule has 0 fully saturated rings. The van der Waals surface area contributed by atoms with E-state index < -0.39 is 10.0 Å². The van der Waals surface area contributed by atoms with Gasteiger partial charge in [-0.05, 0) is 18.2 Å². The van der Waals surface area contributed by atoms with Gasteiger partial charge in [-0.1, -0.05) is 11.6 Å². The molecule has 0 spiro atoms. The molecule has 0 unspecified atom stereocenters. The lowest BCUT2D eigenvalue weighted by Crippen LogP contribution is -2.27. The highest BCUT2D eigenvalue weighted by Gasteiger charge is 2.01. The number of halogens is 1. The Bertz CT molecular complexity index is 462. The largest absolute Gasteiger partial charge is 0.397 e. The van der Waals surface area contributed by atoms with Crippen LogP contribution in [0.2, 0.25) is 5.02 Å². The quantitative estimate of drug-likeness (QED) is 0.544. The summed E-state index contributed by atoms with van der Waals surface area (Å²) in [6.07, 6.45) is 1.11. The molecule has 1 aromatic carbocycles. The van der Waals surface area contributed by atoms with E-state index in [0.29, 0.717) is 29.5 Å². The summed E-state index contributed by atoms with van der Waals surface area (Å²) in [6, 6.07) is 5.07. The van der Waals surface area contributed by atoms with E-state index >= 15 is 0 Å². The Morgan fingerprint density at radius 1 is 1.38 bits per heavy atom. The van der Waals surface area contributed by atoms with Gasteiger partial charge in [0.05, 0.1) is 17.6 Å². The van der Waals surface area contributed by atoms with Crippen molar-refractivity contribution in [2.24, 2.45) is 0 Å². The van der Waals surface area contributed by atoms with E-state index in [2.05, 4.69) is 10.0 Å². The topological polar surface area (TPSA) is 84.2 Å². The molecule has 0 amide bonds. The number of hydrogen-bond donors (Lipinski definition) is 3. The Morgan fingerprint density at radius 2 is 2.06 bits per heavy atom. The number of rotatable bonds is 5. The third-order valence-corrected chi connectivity index (χ3v) is 2.78. The van der Waals surface area contributed by atoms with Crippen molar-refractivity contribution >= 4 is 33.0 Å². The monoisotopic (exact) mass is 263 g/mol. The van der Waals surface area contributed by atoms with Crippen LogP contribution in [0.15, 0.2) is 18.2 Å². The Labute approximate surface area is 100 Å². The third kappa shape index (κ3) is 4.69. The molecule has 1 rings (SSSR count). The maximum atomic E-state index is 10.8. The number of sulfonamides is 1. The molecule has 0 aromatic heterocycles. The van der Waals surface area contributed by atoms with Gasteiger partial charge in [0, 0.05) is 18.1 Å². The fourth-order valence-corrected chi connectivity index (χ4v) is 1.76. The number of hydrogen-bond acceptors (Lipinski definition) is 4. The number of benzene rings is 1. The highest BCUT2D eigenvalue weighted by molar-refractivity contribution is 7.88. The van der Waals surface area contributed by atoms with Crippen LogP contribution in [0.5, 0.6) is 0 Å². The lowest BCUT2D eigenvalue weighted by molar-refractivity contribution is 0.589. The molecular formula is C9H14ClN3O2S. The van der Waals surface area contributed by atoms with E-state index in [-0.39, 0.29) is 0 Å². The Balaban J connectivity index is 2.46. The average molecular weight is 264 g/mol. The van der Waals surface area contributed by atoms with Crippen LogP contribution in [-0.2, 0) is 10.0 Å². The Hall–Kier alpha value is -0.980. The Kier molecular flexibility index (Phi) is 4.40. The zero-order valence-corrected chi connectivity index (χ0v) is 10.4. The van der Waals surface area contributed by atoms with Crippen LogP contribution in [0, 0.1) is 0 Å². The zero-order chi connectivity index (χ0) is 12.2. The van der Waals surface area contributed by atoms with E-state index in [1.54, 1.807) is 18.2 Å². The van der Waals surface area contributed by atoms with E-state index in [0.717, 1.165) is 6.26 Å². The SMILES string of the molecule is CS(=O)(=O)NCCNc1cc(Cl)ccc1N. The van der Waals surface area contributed by atoms with E-state index in [9.17, 15) is 8.42 Å². The lowest BCUT2D eigenvalue weighted by atomic mass is 10.2. The van der Waals surface area contributed by atoms with Crippen molar-refractivity contribution in [1.82, 2.24) is 4.72 Å². The molecule has 1 aromatic rings. The standard InChI is InChI=1S/C9H14ClN3O2S/c1-16(14,15)13-5-4-12-9-6-7(10)2-3-8(9)11/h2-3,6,12-13H,4-5,11H2,1H3. The molecule has 0 saturated carbocycles. The van der Waals surface area contributed by atoms with Crippen LogP contribution in [-0.4, -0.2) is 27.8 Å². The lowest BCUT2D eigenvalue weighted by Gasteiger charge is -2.09. The zero-order valence-electron chi connectivity index (χ0n) is 8.83. The molecule has 0 heterocycles. The maximum Gasteiger partial charge on any atom is 0.208 e. The summed E-state index contributed by atoms with van der Waals surface area (Å²) in [6.45, 7) is 0.738. The van der Waals surface area contributed by atoms with Gasteiger partial charge in [0.25, 0.3) is 0 Å². The maximum absolute atomic E-state index is 10.8. The molecule has 0 saturated heterocycles. The van der Waals surface area contributed by atoms with E-state index in [1.807, 2.05) is 0 Å². The highest BCUT2D eigenvalue weighted by Crippen LogP contribution is 2.22. The van der Waals surface area contributed by atoms with Gasteiger partial charge in [-0.15, -0.1) is 0 Å². The summed E-state index contributed by atoms with van der Waals surface area (Å²) >= 11 is 5.80. The molecule has 0 aliphatic carbocycles. The molecule has 0 radical (unpaired) electrons. The molecular weight excluding hydrogens is 250 g/mol. The summed E-state index contributed by atoms with van der Waals surface area (Å²) < 4.78 is 23.9. The smallest absolute Gasteiger partial charge is 0.208 e. The second-order valence-corrected chi connectivity index (χ2v) is 5.59. The molecule has 0 atom stereocenters. The third-order valence-electron chi connectivity index (χ3n) is 1.82. The van der Waals surface area contributed by atoms with Crippen molar-refractivity contribution in [3.05, 3.63) is 23.2 Å². The molecule has 4 N–H and O–H groups in total. The van der Waals surface area contributed by atoms with Crippen molar-refractivity contribution in [2.75, 3.05) is 30.4 Å². The normalized spacial score (nSPS) is 11.4. The van der Waals surface area contributed by atoms with Crippen molar-refractivity contribution in [1.29, 1.82) is 0 Å². The van der Waals surface area contributed by atoms with Gasteiger partial charge in [-0.25, -0.2) is 13.1 Å². The van der Waals surface area contributed by atoms with Gasteiger partial charge >= 0.3 is 0 Å². The second-order valence-electron chi connectivity index (χ2n) is 3.32. The first-order valence-corrected chi connectivity index (χ1v) is 6.89. The van der Waals surface area contributed by atoms with Crippen molar-refractivity contribution in [3.8, 4) is 0 Å². The van der Waals surface area contributed by atoms with Gasteiger partial charge in [-0.3, -0.25) is 0 Å². The molecule has 7 heteroatoms. The highest BCUT2D eigenvalue weighted by atomic mass is 35.5. The molecule has 0 aliphatic rings. The average Bonchev–Trinajstić information content (AvgIpc) is 2.16. The minimum absolute atomic E-state index is 0.296. The number of nitrogens with two attached hydrogens (primary N) is 1. The summed E-state index contributed by atoms with van der Waals surface area (Å²) in [5, 5.41) is 3.57. The number of nitrogen functional groups attached to an aromatic ring is 1. The molecule has 0 aliphatic heterocycles. The Morgan fingerprint density at radius 3 is 2.69 bits per heavy atom. The molecule has 16 heavy (non-hydrogen) atoms. The summed E-state index contributed by atoms with van der Waals surface area (Å²) in [5.74, 6) is 0. The summed E-state index contributed by atoms with van der Waals surface area (Å²) in [7, 11) is -3.14. The fourth-order valence-electron chi connectivity index (χ4n) is 1.12. The van der Waals surface area contributed by atoms with Crippen LogP contribution in [0.3, 0.4) is 0 Å². The van der Waals surface area contributed by atoms with Crippen LogP contribution in [0.25, 0.3) is 0 Å². The predicted molar refractivity (Wildman–Crippen MR) is 67.2 cm³/mol. The second kappa shape index (κ2) is 5.38. The minimum Gasteiger partial charge on any atom is -0.397 e. The van der Waals surface area contributed by atoms with Crippen LogP contribution >= 0.6 is 11.6 Å². The van der Waals surface area contributed by atoms with Crippen molar-refractivity contribution < 1.29 is 8.42 Å². The first-order valence-electron chi connectivity index (χ1n) is 4.62. The van der Waals surface area contributed by atoms with E-state index in [1.165, 1.54) is 0 Å². The summed E-state index contributed by atoms with van der Waals surface area (Å²) in [5.41, 5.74) is 6.97. The van der Waals surface area contributed by atoms with Gasteiger partial charge < -0.3 is 11.1 Å². The van der Waals surface area contributed by atoms with Gasteiger partial charge in [-0.2, -0.15) is 0 Å². The number of nitrogens with one attached hydrogen (secondary N) is 2. The van der Waals surface area contributed by atoms with Crippen LogP contribution in [0.4, 0.5) is 11.4 Å². The first-order chi connectivity index (χ1) is 7.38. The minimum atomic E-state index is -3.14. The van der Waals surface area contributed by atoms with Crippen LogP contribution < -0.4 is 15.8 Å². The predicted octanol–water partition coefficient (Wildman–Crippen LogP) is 0.883. The molecule has 0 bridgehead atoms. The molecule has 90 valence electrons. The van der Waals surface area contributed by atoms with Crippen molar-refractivity contribution in [2.45, 2.75) is 0 Å². The fraction of sp³-hybridized carbons (Fsp3) is 0.333. The van der Waals surface area contributed by atoms with Gasteiger partial charge in [0.1, 0.15) is 0 Å². The van der Waals surface area contributed by atoms with Crippen molar-refractivity contribution in [3.63, 3.8) is 0 Å². The summed E-state index contributed by atoms with van der Waals surface area (Å²) in [4.78, 5) is 0. The number of anilines is 2. The molecule has 5 nitrogen and oxygen atoms in total.